The summed E-state index contributed by atoms with van der Waals surface area (Å²) >= 11 is 0. The molecule has 0 aliphatic heterocycles. The fraction of sp³-hybridized carbons (Fsp3) is 0.476. The van der Waals surface area contributed by atoms with E-state index in [0.29, 0.717) is 0 Å². The third-order valence-corrected chi connectivity index (χ3v) is 5.01. The second-order valence-corrected chi connectivity index (χ2v) is 6.04. The molecule has 23 heavy (non-hydrogen) atoms. The predicted molar refractivity (Wildman–Crippen MR) is 95.1 cm³/mol. The van der Waals surface area contributed by atoms with Gasteiger partial charge in [0.05, 0.1) is 5.41 Å². The highest BCUT2D eigenvalue weighted by atomic mass is 16.5. The Kier molecular flexibility index (Phi) is 5.46. The lowest BCUT2D eigenvalue weighted by Gasteiger charge is -2.34. The number of allylic oxidation sites excluding steroid dienone is 3. The van der Waals surface area contributed by atoms with Gasteiger partial charge in [0, 0.05) is 6.92 Å². The molecule has 1 unspecified atom stereocenters. The van der Waals surface area contributed by atoms with Gasteiger partial charge in [0.15, 0.2) is 0 Å². The van der Waals surface area contributed by atoms with Gasteiger partial charge in [-0.05, 0) is 48.0 Å². The summed E-state index contributed by atoms with van der Waals surface area (Å²) in [6.45, 7) is 10.3. The van der Waals surface area contributed by atoms with Crippen LogP contribution in [-0.2, 0) is 14.9 Å². The molecule has 0 spiro atoms. The highest BCUT2D eigenvalue weighted by Gasteiger charge is 2.47. The SMILES string of the molecule is CCC1=C(CC)C(CC)(c2ccccc2)C(OC(C)=O)=C1CC. The van der Waals surface area contributed by atoms with Gasteiger partial charge in [-0.3, -0.25) is 4.79 Å². The zero-order valence-corrected chi connectivity index (χ0v) is 15.0. The standard InChI is InChI=1S/C21H28O2/c1-6-17-18(7-2)20(23-15(5)22)21(9-4,19(17)8-3)16-13-11-10-12-14-16/h10-14H,6-9H2,1-5H3. The number of hydrogen-bond donors (Lipinski definition) is 0. The van der Waals surface area contributed by atoms with Crippen LogP contribution in [0, 0.1) is 0 Å². The molecule has 0 radical (unpaired) electrons. The lowest BCUT2D eigenvalue weighted by Crippen LogP contribution is -2.30. The molecule has 0 aromatic heterocycles. The van der Waals surface area contributed by atoms with Crippen molar-refractivity contribution in [2.45, 2.75) is 65.7 Å². The second kappa shape index (κ2) is 7.16. The molecule has 0 N–H and O–H groups in total. The van der Waals surface area contributed by atoms with E-state index in [1.807, 2.05) is 6.07 Å². The summed E-state index contributed by atoms with van der Waals surface area (Å²) < 4.78 is 5.84. The number of rotatable bonds is 6. The van der Waals surface area contributed by atoms with Crippen molar-refractivity contribution in [1.82, 2.24) is 0 Å². The van der Waals surface area contributed by atoms with Crippen LogP contribution in [0.4, 0.5) is 0 Å². The quantitative estimate of drug-likeness (QED) is 0.631. The van der Waals surface area contributed by atoms with E-state index in [1.165, 1.54) is 29.2 Å². The van der Waals surface area contributed by atoms with Gasteiger partial charge in [-0.1, -0.05) is 58.0 Å². The van der Waals surface area contributed by atoms with Crippen LogP contribution in [0.15, 0.2) is 52.8 Å². The molecule has 0 saturated carbocycles. The Labute approximate surface area is 140 Å². The average molecular weight is 312 g/mol. The van der Waals surface area contributed by atoms with Crippen LogP contribution in [0.5, 0.6) is 0 Å². The Morgan fingerprint density at radius 1 is 0.957 bits per heavy atom. The summed E-state index contributed by atoms with van der Waals surface area (Å²) in [4.78, 5) is 11.8. The molecular formula is C21H28O2. The predicted octanol–water partition coefficient (Wildman–Crippen LogP) is 5.69. The van der Waals surface area contributed by atoms with Crippen molar-refractivity contribution in [3.63, 3.8) is 0 Å². The van der Waals surface area contributed by atoms with Gasteiger partial charge in [0.2, 0.25) is 0 Å². The molecule has 2 rings (SSSR count). The lowest BCUT2D eigenvalue weighted by molar-refractivity contribution is -0.137. The van der Waals surface area contributed by atoms with Crippen molar-refractivity contribution in [3.05, 3.63) is 58.4 Å². The van der Waals surface area contributed by atoms with Crippen LogP contribution in [0.3, 0.4) is 0 Å². The number of esters is 1. The lowest BCUT2D eigenvalue weighted by atomic mass is 9.71. The smallest absolute Gasteiger partial charge is 0.307 e. The minimum atomic E-state index is -0.293. The first-order valence-corrected chi connectivity index (χ1v) is 8.77. The van der Waals surface area contributed by atoms with Gasteiger partial charge < -0.3 is 4.74 Å². The molecule has 1 aromatic carbocycles. The highest BCUT2D eigenvalue weighted by Crippen LogP contribution is 2.54. The maximum Gasteiger partial charge on any atom is 0.307 e. The molecule has 1 atom stereocenters. The number of ether oxygens (including phenoxy) is 1. The van der Waals surface area contributed by atoms with E-state index in [-0.39, 0.29) is 11.4 Å². The first kappa shape index (κ1) is 17.5. The molecule has 1 aliphatic carbocycles. The first-order chi connectivity index (χ1) is 11.1. The Hall–Kier alpha value is -1.83. The van der Waals surface area contributed by atoms with Crippen LogP contribution < -0.4 is 0 Å². The maximum absolute atomic E-state index is 11.8. The topological polar surface area (TPSA) is 26.3 Å². The highest BCUT2D eigenvalue weighted by molar-refractivity contribution is 5.71. The Morgan fingerprint density at radius 3 is 2.00 bits per heavy atom. The zero-order valence-electron chi connectivity index (χ0n) is 15.0. The van der Waals surface area contributed by atoms with Gasteiger partial charge >= 0.3 is 5.97 Å². The van der Waals surface area contributed by atoms with Crippen molar-refractivity contribution in [1.29, 1.82) is 0 Å². The van der Waals surface area contributed by atoms with E-state index in [1.54, 1.807) is 0 Å². The van der Waals surface area contributed by atoms with Crippen LogP contribution in [0.2, 0.25) is 0 Å². The third kappa shape index (κ3) is 2.75. The summed E-state index contributed by atoms with van der Waals surface area (Å²) in [6.07, 6.45) is 3.74. The summed E-state index contributed by atoms with van der Waals surface area (Å²) in [5, 5.41) is 0. The average Bonchev–Trinajstić information content (AvgIpc) is 2.83. The Balaban J connectivity index is 2.80. The van der Waals surface area contributed by atoms with Gasteiger partial charge in [-0.2, -0.15) is 0 Å². The van der Waals surface area contributed by atoms with Crippen LogP contribution in [0.25, 0.3) is 0 Å². The normalized spacial score (nSPS) is 21.1. The molecule has 0 heterocycles. The molecule has 124 valence electrons. The molecule has 0 amide bonds. The molecule has 1 aromatic rings. The minimum Gasteiger partial charge on any atom is -0.430 e. The fourth-order valence-corrected chi connectivity index (χ4v) is 4.19. The minimum absolute atomic E-state index is 0.229. The summed E-state index contributed by atoms with van der Waals surface area (Å²) in [7, 11) is 0. The number of hydrogen-bond acceptors (Lipinski definition) is 2. The number of carbonyl (C=O) groups excluding carboxylic acids is 1. The zero-order chi connectivity index (χ0) is 17.0. The molecule has 2 nitrogen and oxygen atoms in total. The third-order valence-electron chi connectivity index (χ3n) is 5.01. The van der Waals surface area contributed by atoms with Gasteiger partial charge in [0.1, 0.15) is 5.76 Å². The monoisotopic (exact) mass is 312 g/mol. The van der Waals surface area contributed by atoms with Crippen molar-refractivity contribution in [3.8, 4) is 0 Å². The number of carbonyl (C=O) groups is 1. The largest absolute Gasteiger partial charge is 0.430 e. The van der Waals surface area contributed by atoms with Crippen LogP contribution in [-0.4, -0.2) is 5.97 Å². The van der Waals surface area contributed by atoms with Gasteiger partial charge in [0.25, 0.3) is 0 Å². The van der Waals surface area contributed by atoms with E-state index in [2.05, 4.69) is 52.0 Å². The van der Waals surface area contributed by atoms with Crippen LogP contribution in [0.1, 0.15) is 65.9 Å². The molecular weight excluding hydrogens is 284 g/mol. The molecule has 1 aliphatic rings. The Morgan fingerprint density at radius 2 is 1.57 bits per heavy atom. The molecule has 0 bridgehead atoms. The molecule has 0 fully saturated rings. The Bertz CT molecular complexity index is 637. The van der Waals surface area contributed by atoms with Crippen molar-refractivity contribution in [2.24, 2.45) is 0 Å². The van der Waals surface area contributed by atoms with Crippen molar-refractivity contribution in [2.75, 3.05) is 0 Å². The maximum atomic E-state index is 11.8. The summed E-state index contributed by atoms with van der Waals surface area (Å²) in [5.74, 6) is 0.641. The summed E-state index contributed by atoms with van der Waals surface area (Å²) in [6, 6.07) is 10.5. The van der Waals surface area contributed by atoms with E-state index >= 15 is 0 Å². The molecule has 2 heteroatoms. The van der Waals surface area contributed by atoms with Gasteiger partial charge in [-0.15, -0.1) is 0 Å². The van der Waals surface area contributed by atoms with E-state index < -0.39 is 0 Å². The fourth-order valence-electron chi connectivity index (χ4n) is 4.19. The first-order valence-electron chi connectivity index (χ1n) is 8.77. The van der Waals surface area contributed by atoms with Crippen molar-refractivity contribution >= 4 is 5.97 Å². The second-order valence-electron chi connectivity index (χ2n) is 6.04. The van der Waals surface area contributed by atoms with Crippen molar-refractivity contribution < 1.29 is 9.53 Å². The van der Waals surface area contributed by atoms with E-state index in [9.17, 15) is 4.79 Å². The van der Waals surface area contributed by atoms with Crippen LogP contribution >= 0.6 is 0 Å². The number of benzene rings is 1. The molecule has 0 saturated heterocycles. The van der Waals surface area contributed by atoms with E-state index in [0.717, 1.165) is 31.4 Å². The van der Waals surface area contributed by atoms with Gasteiger partial charge in [-0.25, -0.2) is 0 Å². The van der Waals surface area contributed by atoms with E-state index in [4.69, 9.17) is 4.74 Å². The summed E-state index contributed by atoms with van der Waals surface area (Å²) in [5.41, 5.74) is 4.97.